The Morgan fingerprint density at radius 3 is 2.77 bits per heavy atom. The summed E-state index contributed by atoms with van der Waals surface area (Å²) in [6, 6.07) is 6.82. The minimum absolute atomic E-state index is 0.304. The first-order valence-corrected chi connectivity index (χ1v) is 8.10. The quantitative estimate of drug-likeness (QED) is 0.859. The van der Waals surface area contributed by atoms with Crippen molar-refractivity contribution >= 4 is 11.9 Å². The Hall–Kier alpha value is -1.62. The van der Waals surface area contributed by atoms with Crippen LogP contribution in [0.2, 0.25) is 0 Å². The average Bonchev–Trinajstić information content (AvgIpc) is 3.04. The van der Waals surface area contributed by atoms with Crippen LogP contribution in [-0.2, 0) is 4.74 Å². The molecule has 0 bridgehead atoms. The summed E-state index contributed by atoms with van der Waals surface area (Å²) in [6.45, 7) is 9.97. The highest BCUT2D eigenvalue weighted by Crippen LogP contribution is 2.35. The summed E-state index contributed by atoms with van der Waals surface area (Å²) in [5, 5.41) is 0. The van der Waals surface area contributed by atoms with Crippen LogP contribution >= 0.6 is 0 Å². The molecule has 0 radical (unpaired) electrons. The average molecular weight is 303 g/mol. The van der Waals surface area contributed by atoms with Gasteiger partial charge in [-0.25, -0.2) is 9.78 Å². The second kappa shape index (κ2) is 5.54. The number of carbonyl (C=O) groups is 1. The van der Waals surface area contributed by atoms with Crippen molar-refractivity contribution in [1.82, 2.24) is 9.88 Å². The van der Waals surface area contributed by atoms with Gasteiger partial charge < -0.3 is 4.74 Å². The first-order chi connectivity index (χ1) is 10.4. The molecule has 1 aromatic heterocycles. The van der Waals surface area contributed by atoms with Gasteiger partial charge in [-0.3, -0.25) is 9.80 Å². The van der Waals surface area contributed by atoms with E-state index in [2.05, 4.69) is 24.8 Å². The van der Waals surface area contributed by atoms with E-state index in [1.54, 1.807) is 4.90 Å². The number of aromatic nitrogens is 1. The zero-order valence-electron chi connectivity index (χ0n) is 13.9. The Labute approximate surface area is 132 Å². The van der Waals surface area contributed by atoms with Gasteiger partial charge in [0.05, 0.1) is 17.3 Å². The van der Waals surface area contributed by atoms with Gasteiger partial charge in [-0.1, -0.05) is 6.07 Å². The van der Waals surface area contributed by atoms with Crippen LogP contribution in [0.3, 0.4) is 0 Å². The molecule has 0 unspecified atom stereocenters. The number of hydrogen-bond acceptors (Lipinski definition) is 4. The van der Waals surface area contributed by atoms with Crippen molar-refractivity contribution in [2.45, 2.75) is 58.2 Å². The van der Waals surface area contributed by atoms with Crippen LogP contribution < -0.4 is 4.90 Å². The van der Waals surface area contributed by atoms with Crippen molar-refractivity contribution in [2.75, 3.05) is 18.1 Å². The lowest BCUT2D eigenvalue weighted by Gasteiger charge is -2.30. The molecule has 5 nitrogen and oxygen atoms in total. The zero-order valence-corrected chi connectivity index (χ0v) is 13.9. The van der Waals surface area contributed by atoms with E-state index in [1.807, 2.05) is 26.0 Å². The maximum atomic E-state index is 12.0. The first kappa shape index (κ1) is 15.3. The van der Waals surface area contributed by atoms with E-state index in [-0.39, 0.29) is 11.6 Å². The number of rotatable bonds is 3. The highest BCUT2D eigenvalue weighted by molar-refractivity contribution is 5.90. The number of nitrogens with zero attached hydrogens (tertiary/aromatic N) is 3. The summed E-state index contributed by atoms with van der Waals surface area (Å²) in [5.41, 5.74) is 0.704. The normalized spacial score (nSPS) is 25.0. The number of hydrogen-bond donors (Lipinski definition) is 0. The Morgan fingerprint density at radius 1 is 1.36 bits per heavy atom. The maximum Gasteiger partial charge on any atom is 0.416 e. The second-order valence-corrected chi connectivity index (χ2v) is 7.11. The monoisotopic (exact) mass is 303 g/mol. The summed E-state index contributed by atoms with van der Waals surface area (Å²) in [4.78, 5) is 21.0. The Morgan fingerprint density at radius 2 is 2.14 bits per heavy atom. The van der Waals surface area contributed by atoms with Crippen LogP contribution in [0.5, 0.6) is 0 Å². The predicted octanol–water partition coefficient (Wildman–Crippen LogP) is 3.36. The van der Waals surface area contributed by atoms with Gasteiger partial charge in [0.2, 0.25) is 0 Å². The Balaban J connectivity index is 1.92. The molecule has 3 heterocycles. The van der Waals surface area contributed by atoms with Gasteiger partial charge in [-0.05, 0) is 59.2 Å². The van der Waals surface area contributed by atoms with Gasteiger partial charge in [0.15, 0.2) is 0 Å². The Bertz CT molecular complexity index is 571. The molecule has 1 amide bonds. The lowest BCUT2D eigenvalue weighted by molar-refractivity contribution is 0.175. The molecule has 2 aliphatic rings. The third-order valence-corrected chi connectivity index (χ3v) is 4.62. The van der Waals surface area contributed by atoms with Crippen molar-refractivity contribution in [3.8, 4) is 0 Å². The van der Waals surface area contributed by atoms with Gasteiger partial charge in [-0.15, -0.1) is 0 Å². The molecular weight excluding hydrogens is 278 g/mol. The molecule has 22 heavy (non-hydrogen) atoms. The number of amides is 1. The predicted molar refractivity (Wildman–Crippen MR) is 86.0 cm³/mol. The zero-order chi connectivity index (χ0) is 15.9. The van der Waals surface area contributed by atoms with E-state index in [9.17, 15) is 4.79 Å². The van der Waals surface area contributed by atoms with Crippen LogP contribution in [0.1, 0.15) is 52.3 Å². The minimum Gasteiger partial charge on any atom is -0.447 e. The third-order valence-electron chi connectivity index (χ3n) is 4.62. The number of carbonyl (C=O) groups excluding carboxylic acids is 1. The fourth-order valence-electron chi connectivity index (χ4n) is 3.49. The molecule has 1 atom stereocenters. The molecule has 3 rings (SSSR count). The maximum absolute atomic E-state index is 12.0. The molecule has 0 aromatic carbocycles. The molecule has 0 aliphatic carbocycles. The lowest BCUT2D eigenvalue weighted by Crippen LogP contribution is -2.42. The third kappa shape index (κ3) is 2.58. The van der Waals surface area contributed by atoms with Crippen LogP contribution in [0.4, 0.5) is 10.6 Å². The van der Waals surface area contributed by atoms with Gasteiger partial charge >= 0.3 is 6.09 Å². The summed E-state index contributed by atoms with van der Waals surface area (Å²) < 4.78 is 5.20. The highest BCUT2D eigenvalue weighted by atomic mass is 16.6. The second-order valence-electron chi connectivity index (χ2n) is 7.11. The number of pyridine rings is 1. The molecule has 2 fully saturated rings. The van der Waals surface area contributed by atoms with E-state index in [1.165, 1.54) is 6.42 Å². The molecule has 2 aliphatic heterocycles. The summed E-state index contributed by atoms with van der Waals surface area (Å²) in [7, 11) is 0. The van der Waals surface area contributed by atoms with Gasteiger partial charge in [0, 0.05) is 6.04 Å². The van der Waals surface area contributed by atoms with E-state index in [0.29, 0.717) is 24.5 Å². The van der Waals surface area contributed by atoms with Gasteiger partial charge in [-0.2, -0.15) is 0 Å². The molecule has 0 saturated carbocycles. The molecule has 0 N–H and O–H groups in total. The topological polar surface area (TPSA) is 45.7 Å². The molecule has 0 spiro atoms. The molecule has 120 valence electrons. The van der Waals surface area contributed by atoms with E-state index in [0.717, 1.165) is 18.7 Å². The number of anilines is 1. The standard InChI is InChI=1S/C17H25N3O2/c1-12(2)19-10-6-8-14(19)13-7-5-9-15(18-13)20-16(21)22-11-17(20,3)4/h5,7,9,12,14H,6,8,10-11H2,1-4H3/t14-/m0/s1. The van der Waals surface area contributed by atoms with Crippen molar-refractivity contribution in [2.24, 2.45) is 0 Å². The minimum atomic E-state index is -0.351. The van der Waals surface area contributed by atoms with Gasteiger partial charge in [0.25, 0.3) is 0 Å². The van der Waals surface area contributed by atoms with Crippen LogP contribution in [0, 0.1) is 0 Å². The van der Waals surface area contributed by atoms with E-state index >= 15 is 0 Å². The fourth-order valence-corrected chi connectivity index (χ4v) is 3.49. The number of ether oxygens (including phenoxy) is 1. The lowest BCUT2D eigenvalue weighted by atomic mass is 10.1. The van der Waals surface area contributed by atoms with Crippen molar-refractivity contribution in [3.05, 3.63) is 23.9 Å². The van der Waals surface area contributed by atoms with Gasteiger partial charge in [0.1, 0.15) is 12.4 Å². The molecular formula is C17H25N3O2. The van der Waals surface area contributed by atoms with Crippen molar-refractivity contribution in [1.29, 1.82) is 0 Å². The first-order valence-electron chi connectivity index (χ1n) is 8.10. The highest BCUT2D eigenvalue weighted by Gasteiger charge is 2.42. The van der Waals surface area contributed by atoms with Crippen LogP contribution in [0.15, 0.2) is 18.2 Å². The smallest absolute Gasteiger partial charge is 0.416 e. The van der Waals surface area contributed by atoms with Crippen molar-refractivity contribution in [3.63, 3.8) is 0 Å². The van der Waals surface area contributed by atoms with E-state index in [4.69, 9.17) is 9.72 Å². The summed E-state index contributed by atoms with van der Waals surface area (Å²) >= 11 is 0. The van der Waals surface area contributed by atoms with Crippen molar-refractivity contribution < 1.29 is 9.53 Å². The molecule has 1 aromatic rings. The van der Waals surface area contributed by atoms with Crippen LogP contribution in [-0.4, -0.2) is 40.7 Å². The number of cyclic esters (lactones) is 1. The van der Waals surface area contributed by atoms with E-state index < -0.39 is 0 Å². The fraction of sp³-hybridized carbons (Fsp3) is 0.647. The molecule has 2 saturated heterocycles. The summed E-state index contributed by atoms with van der Waals surface area (Å²) in [5.74, 6) is 0.695. The largest absolute Gasteiger partial charge is 0.447 e. The molecule has 5 heteroatoms. The number of likely N-dealkylation sites (tertiary alicyclic amines) is 1. The van der Waals surface area contributed by atoms with Crippen LogP contribution in [0.25, 0.3) is 0 Å². The Kier molecular flexibility index (Phi) is 3.85. The SMILES string of the molecule is CC(C)N1CCC[C@H]1c1cccc(N2C(=O)OCC2(C)C)n1. The summed E-state index contributed by atoms with van der Waals surface area (Å²) in [6.07, 6.45) is 2.02.